The molecule has 0 saturated carbocycles. The van der Waals surface area contributed by atoms with Crippen LogP contribution in [0.15, 0.2) is 35.1 Å². The molecule has 47 heavy (non-hydrogen) atoms. The van der Waals surface area contributed by atoms with Gasteiger partial charge < -0.3 is 19.7 Å². The predicted molar refractivity (Wildman–Crippen MR) is 188 cm³/mol. The number of nitrogens with zero attached hydrogens (tertiary/aromatic N) is 3. The normalized spacial score (nSPS) is 33.2. The van der Waals surface area contributed by atoms with Gasteiger partial charge in [-0.25, -0.2) is 0 Å². The van der Waals surface area contributed by atoms with Crippen LogP contribution in [0.4, 0.5) is 5.69 Å². The van der Waals surface area contributed by atoms with Gasteiger partial charge in [-0.05, 0) is 143 Å². The van der Waals surface area contributed by atoms with Gasteiger partial charge in [-0.3, -0.25) is 14.6 Å². The molecule has 0 aliphatic carbocycles. The van der Waals surface area contributed by atoms with Crippen LogP contribution in [0, 0.1) is 10.8 Å². The third-order valence-corrected chi connectivity index (χ3v) is 14.2. The molecule has 3 saturated heterocycles. The Balaban J connectivity index is 1.32. The first-order chi connectivity index (χ1) is 22.9. The van der Waals surface area contributed by atoms with Crippen LogP contribution in [0.5, 0.6) is 11.5 Å². The van der Waals surface area contributed by atoms with Crippen LogP contribution in [0.2, 0.25) is 0 Å². The maximum absolute atomic E-state index is 13.9. The maximum atomic E-state index is 13.9. The molecule has 7 nitrogen and oxygen atoms in total. The zero-order valence-electron chi connectivity index (χ0n) is 28.6. The van der Waals surface area contributed by atoms with Crippen LogP contribution in [-0.2, 0) is 6.42 Å². The van der Waals surface area contributed by atoms with Gasteiger partial charge in [0.15, 0.2) is 5.75 Å². The average molecular weight is 637 g/mol. The predicted octanol–water partition coefficient (Wildman–Crippen LogP) is 7.35. The molecule has 6 aliphatic heterocycles. The molecule has 7 heterocycles. The summed E-state index contributed by atoms with van der Waals surface area (Å²) in [6.45, 7) is 10.2. The number of benzene rings is 1. The standard InChI is InChI=1S/C40H52N4O3/c1-4-39-13-6-16-41-35-29(27-12-20-42(37(27)39)17-7-14-39)22-33(45)34(46)23-30(35)32-24-40(5-2)15-8-18-43-19-11-26-28-21-25(47-3)9-10-31(28)44(32)36(26)38(40)43/h9-10,21-23,27,32,37-38,41H,4-8,11-20,24H2,1-3H3,(H,45,46). The van der Waals surface area contributed by atoms with E-state index < -0.39 is 0 Å². The molecule has 250 valence electrons. The van der Waals surface area contributed by atoms with Crippen molar-refractivity contribution in [2.24, 2.45) is 10.8 Å². The van der Waals surface area contributed by atoms with Crippen molar-refractivity contribution in [3.63, 3.8) is 0 Å². The highest BCUT2D eigenvalue weighted by atomic mass is 16.5. The van der Waals surface area contributed by atoms with Gasteiger partial charge in [0.25, 0.3) is 0 Å². The van der Waals surface area contributed by atoms with E-state index in [-0.39, 0.29) is 28.1 Å². The zero-order chi connectivity index (χ0) is 32.1. The lowest BCUT2D eigenvalue weighted by atomic mass is 9.62. The fourth-order valence-corrected chi connectivity index (χ4v) is 12.1. The molecule has 9 rings (SSSR count). The van der Waals surface area contributed by atoms with Crippen molar-refractivity contribution in [3.8, 4) is 11.5 Å². The number of hydrogen-bond donors (Lipinski definition) is 2. The Morgan fingerprint density at radius 3 is 2.53 bits per heavy atom. The second kappa shape index (κ2) is 11.0. The summed E-state index contributed by atoms with van der Waals surface area (Å²) < 4.78 is 8.42. The van der Waals surface area contributed by atoms with E-state index in [4.69, 9.17) is 4.74 Å². The summed E-state index contributed by atoms with van der Waals surface area (Å²) >= 11 is 0. The molecular formula is C40H52N4O3. The van der Waals surface area contributed by atoms with E-state index in [2.05, 4.69) is 51.7 Å². The van der Waals surface area contributed by atoms with E-state index in [0.29, 0.717) is 18.0 Å². The highest BCUT2D eigenvalue weighted by Gasteiger charge is 2.55. The third-order valence-electron chi connectivity index (χ3n) is 14.2. The molecule has 1 aromatic heterocycles. The molecule has 2 aromatic carbocycles. The molecular weight excluding hydrogens is 584 g/mol. The summed E-state index contributed by atoms with van der Waals surface area (Å²) in [6, 6.07) is 11.2. The second-order valence-electron chi connectivity index (χ2n) is 15.9. The molecule has 0 bridgehead atoms. The number of aromatic hydroxyl groups is 1. The molecule has 7 heteroatoms. The van der Waals surface area contributed by atoms with Crippen molar-refractivity contribution in [2.45, 2.75) is 109 Å². The highest BCUT2D eigenvalue weighted by molar-refractivity contribution is 5.88. The van der Waals surface area contributed by atoms with E-state index in [1.807, 2.05) is 12.1 Å². The fraction of sp³-hybridized carbons (Fsp3) is 0.625. The van der Waals surface area contributed by atoms with Crippen LogP contribution in [-0.4, -0.2) is 65.3 Å². The number of methoxy groups -OCH3 is 1. The van der Waals surface area contributed by atoms with Crippen molar-refractivity contribution in [2.75, 3.05) is 45.2 Å². The maximum Gasteiger partial charge on any atom is 0.220 e. The van der Waals surface area contributed by atoms with Crippen LogP contribution >= 0.6 is 0 Å². The molecule has 0 amide bonds. The van der Waals surface area contributed by atoms with E-state index in [1.54, 1.807) is 7.11 Å². The number of hydrogen-bond acceptors (Lipinski definition) is 6. The first-order valence-electron chi connectivity index (χ1n) is 18.8. The molecule has 3 aromatic rings. The Bertz CT molecular complexity index is 1800. The number of ether oxygens (including phenoxy) is 1. The van der Waals surface area contributed by atoms with Gasteiger partial charge in [0.1, 0.15) is 5.75 Å². The second-order valence-corrected chi connectivity index (χ2v) is 15.9. The lowest BCUT2D eigenvalue weighted by molar-refractivity contribution is -0.0312. The van der Waals surface area contributed by atoms with Gasteiger partial charge in [-0.1, -0.05) is 13.8 Å². The first kappa shape index (κ1) is 30.1. The first-order valence-corrected chi connectivity index (χ1v) is 18.8. The van der Waals surface area contributed by atoms with Gasteiger partial charge >= 0.3 is 0 Å². The van der Waals surface area contributed by atoms with Crippen molar-refractivity contribution >= 4 is 16.6 Å². The summed E-state index contributed by atoms with van der Waals surface area (Å²) in [6.07, 6.45) is 12.8. The van der Waals surface area contributed by atoms with Crippen LogP contribution in [0.3, 0.4) is 0 Å². The minimum atomic E-state index is -0.253. The number of fused-ring (bicyclic) bond motifs is 5. The SMILES string of the molecule is CCC12CCCN3CCc4c(n(c5ccc(OC)cc45)C(c4cc(=O)c(O)cc5c4NCCCC4(CC)CCCN6CCC5C64)C1)C32. The highest BCUT2D eigenvalue weighted by Crippen LogP contribution is 2.62. The number of nitrogens with one attached hydrogen (secondary N) is 1. The molecule has 0 radical (unpaired) electrons. The molecule has 6 aliphatic rings. The number of rotatable bonds is 4. The van der Waals surface area contributed by atoms with Crippen molar-refractivity contribution in [1.29, 1.82) is 0 Å². The third kappa shape index (κ3) is 4.20. The van der Waals surface area contributed by atoms with Gasteiger partial charge in [-0.15, -0.1) is 0 Å². The molecule has 6 unspecified atom stereocenters. The van der Waals surface area contributed by atoms with E-state index in [1.165, 1.54) is 72.8 Å². The monoisotopic (exact) mass is 636 g/mol. The Labute approximate surface area is 279 Å². The molecule has 6 atom stereocenters. The van der Waals surface area contributed by atoms with Crippen molar-refractivity contribution < 1.29 is 9.84 Å². The van der Waals surface area contributed by atoms with Gasteiger partial charge in [0, 0.05) is 52.9 Å². The number of piperidine rings is 2. The van der Waals surface area contributed by atoms with E-state index in [9.17, 15) is 9.90 Å². The summed E-state index contributed by atoms with van der Waals surface area (Å²) in [5, 5.41) is 16.7. The Morgan fingerprint density at radius 2 is 1.72 bits per heavy atom. The summed E-state index contributed by atoms with van der Waals surface area (Å²) in [5.41, 5.74) is 7.78. The quantitative estimate of drug-likeness (QED) is 0.312. The van der Waals surface area contributed by atoms with E-state index >= 15 is 0 Å². The molecule has 2 N–H and O–H groups in total. The fourth-order valence-electron chi connectivity index (χ4n) is 12.1. The summed E-state index contributed by atoms with van der Waals surface area (Å²) in [4.78, 5) is 19.5. The molecule has 0 spiro atoms. The van der Waals surface area contributed by atoms with Crippen LogP contribution < -0.4 is 15.5 Å². The van der Waals surface area contributed by atoms with Crippen LogP contribution in [0.25, 0.3) is 10.9 Å². The van der Waals surface area contributed by atoms with E-state index in [0.717, 1.165) is 75.3 Å². The minimum absolute atomic E-state index is 0.00481. The van der Waals surface area contributed by atoms with Crippen molar-refractivity contribution in [3.05, 3.63) is 62.9 Å². The minimum Gasteiger partial charge on any atom is -0.504 e. The van der Waals surface area contributed by atoms with Crippen LogP contribution in [0.1, 0.15) is 118 Å². The zero-order valence-corrected chi connectivity index (χ0v) is 28.6. The van der Waals surface area contributed by atoms with Gasteiger partial charge in [-0.2, -0.15) is 0 Å². The topological polar surface area (TPSA) is 70.0 Å². The van der Waals surface area contributed by atoms with Gasteiger partial charge in [0.05, 0.1) is 19.2 Å². The smallest absolute Gasteiger partial charge is 0.220 e. The average Bonchev–Trinajstić information content (AvgIpc) is 3.67. The molecule has 3 fully saturated rings. The number of aromatic nitrogens is 1. The summed E-state index contributed by atoms with van der Waals surface area (Å²) in [5.74, 6) is 1.10. The summed E-state index contributed by atoms with van der Waals surface area (Å²) in [7, 11) is 1.76. The number of anilines is 1. The largest absolute Gasteiger partial charge is 0.504 e. The van der Waals surface area contributed by atoms with Crippen molar-refractivity contribution in [1.82, 2.24) is 14.4 Å². The lowest BCUT2D eigenvalue weighted by Crippen LogP contribution is -2.53. The lowest BCUT2D eigenvalue weighted by Gasteiger charge is -2.57. The Hall–Kier alpha value is -3.03. The Morgan fingerprint density at radius 1 is 0.936 bits per heavy atom. The Kier molecular flexibility index (Phi) is 7.03. The van der Waals surface area contributed by atoms with Gasteiger partial charge in [0.2, 0.25) is 5.43 Å².